The highest BCUT2D eigenvalue weighted by Crippen LogP contribution is 2.27. The highest BCUT2D eigenvalue weighted by molar-refractivity contribution is 5.93. The van der Waals surface area contributed by atoms with Crippen molar-refractivity contribution in [1.29, 1.82) is 0 Å². The van der Waals surface area contributed by atoms with Crippen molar-refractivity contribution in [2.24, 2.45) is 5.41 Å². The molecule has 0 spiro atoms. The zero-order valence-electron chi connectivity index (χ0n) is 15.7. The fraction of sp³-hybridized carbons (Fsp3) is 0.400. The van der Waals surface area contributed by atoms with Crippen molar-refractivity contribution < 1.29 is 4.79 Å². The summed E-state index contributed by atoms with van der Waals surface area (Å²) in [4.78, 5) is 17.0. The van der Waals surface area contributed by atoms with Crippen molar-refractivity contribution in [2.45, 2.75) is 26.7 Å². The Morgan fingerprint density at radius 2 is 2.11 bits per heavy atom. The Kier molecular flexibility index (Phi) is 4.61. The van der Waals surface area contributed by atoms with Gasteiger partial charge in [-0.15, -0.1) is 5.10 Å². The van der Waals surface area contributed by atoms with E-state index in [4.69, 9.17) is 0 Å². The molecule has 4 rings (SSSR count). The first-order chi connectivity index (χ1) is 13.1. The minimum absolute atomic E-state index is 0.135. The molecule has 1 fully saturated rings. The molecule has 2 aromatic heterocycles. The van der Waals surface area contributed by atoms with Crippen molar-refractivity contribution in [3.8, 4) is 5.69 Å². The summed E-state index contributed by atoms with van der Waals surface area (Å²) in [5.74, 6) is -0.166. The summed E-state index contributed by atoms with van der Waals surface area (Å²) in [6.07, 6.45) is 3.89. The number of nitrogens with zero attached hydrogens (tertiary/aromatic N) is 4. The predicted molar refractivity (Wildman–Crippen MR) is 104 cm³/mol. The molecule has 3 heterocycles. The molecule has 0 unspecified atom stereocenters. The number of pyridine rings is 1. The van der Waals surface area contributed by atoms with Crippen LogP contribution in [-0.4, -0.2) is 45.5 Å². The fourth-order valence-corrected chi connectivity index (χ4v) is 3.56. The van der Waals surface area contributed by atoms with Crippen LogP contribution in [0.2, 0.25) is 0 Å². The summed E-state index contributed by atoms with van der Waals surface area (Å²) in [6.45, 7) is 6.74. The van der Waals surface area contributed by atoms with E-state index in [-0.39, 0.29) is 11.3 Å². The fourth-order valence-electron chi connectivity index (χ4n) is 3.56. The highest BCUT2D eigenvalue weighted by Gasteiger charge is 2.28. The maximum atomic E-state index is 12.7. The second-order valence-corrected chi connectivity index (χ2v) is 7.56. The average Bonchev–Trinajstić information content (AvgIpc) is 3.08. The van der Waals surface area contributed by atoms with Gasteiger partial charge in [-0.2, -0.15) is 0 Å². The van der Waals surface area contributed by atoms with Crippen LogP contribution in [0.1, 0.15) is 35.9 Å². The van der Waals surface area contributed by atoms with E-state index in [1.807, 2.05) is 37.3 Å². The maximum absolute atomic E-state index is 12.7. The zero-order chi connectivity index (χ0) is 18.9. The molecule has 1 aromatic carbocycles. The zero-order valence-corrected chi connectivity index (χ0v) is 15.7. The van der Waals surface area contributed by atoms with E-state index in [0.717, 1.165) is 48.2 Å². The molecule has 0 saturated carbocycles. The van der Waals surface area contributed by atoms with Gasteiger partial charge in [-0.1, -0.05) is 18.2 Å². The van der Waals surface area contributed by atoms with Crippen LogP contribution >= 0.6 is 0 Å². The molecular weight excluding hydrogens is 340 g/mol. The van der Waals surface area contributed by atoms with Crippen molar-refractivity contribution in [1.82, 2.24) is 30.6 Å². The molecule has 27 heavy (non-hydrogen) atoms. The predicted octanol–water partition coefficient (Wildman–Crippen LogP) is 2.24. The van der Waals surface area contributed by atoms with Gasteiger partial charge in [0.1, 0.15) is 0 Å². The molecule has 3 aromatic rings. The lowest BCUT2D eigenvalue weighted by Crippen LogP contribution is -2.43. The Balaban J connectivity index is 1.53. The van der Waals surface area contributed by atoms with E-state index in [1.54, 1.807) is 10.9 Å². The number of rotatable bonds is 4. The molecule has 0 atom stereocenters. The number of hydrogen-bond donors (Lipinski definition) is 2. The SMILES string of the molecule is Cc1c(C(=O)NCC2(C)CCNCC2)nnn1-c1ccc2ncccc2c1. The number of hydrogen-bond acceptors (Lipinski definition) is 5. The second-order valence-electron chi connectivity index (χ2n) is 7.56. The van der Waals surface area contributed by atoms with Crippen LogP contribution in [0.4, 0.5) is 0 Å². The Hall–Kier alpha value is -2.80. The molecular formula is C20H24N6O. The largest absolute Gasteiger partial charge is 0.350 e. The molecule has 2 N–H and O–H groups in total. The molecule has 0 radical (unpaired) electrons. The van der Waals surface area contributed by atoms with Gasteiger partial charge < -0.3 is 10.6 Å². The molecule has 1 aliphatic heterocycles. The van der Waals surface area contributed by atoms with Crippen LogP contribution in [-0.2, 0) is 0 Å². The monoisotopic (exact) mass is 364 g/mol. The maximum Gasteiger partial charge on any atom is 0.273 e. The van der Waals surface area contributed by atoms with Crippen LogP contribution in [0.25, 0.3) is 16.6 Å². The van der Waals surface area contributed by atoms with Gasteiger partial charge in [-0.25, -0.2) is 4.68 Å². The summed E-state index contributed by atoms with van der Waals surface area (Å²) in [5.41, 5.74) is 3.03. The summed E-state index contributed by atoms with van der Waals surface area (Å²) in [5, 5.41) is 15.8. The number of amides is 1. The van der Waals surface area contributed by atoms with E-state index in [1.165, 1.54) is 0 Å². The van der Waals surface area contributed by atoms with Gasteiger partial charge >= 0.3 is 0 Å². The highest BCUT2D eigenvalue weighted by atomic mass is 16.2. The average molecular weight is 364 g/mol. The smallest absolute Gasteiger partial charge is 0.273 e. The van der Waals surface area contributed by atoms with Gasteiger partial charge in [0.15, 0.2) is 5.69 Å². The van der Waals surface area contributed by atoms with E-state index in [9.17, 15) is 4.79 Å². The first-order valence-corrected chi connectivity index (χ1v) is 9.32. The lowest BCUT2D eigenvalue weighted by Gasteiger charge is -2.34. The van der Waals surface area contributed by atoms with Crippen molar-refractivity contribution in [3.05, 3.63) is 47.9 Å². The third-order valence-electron chi connectivity index (χ3n) is 5.43. The van der Waals surface area contributed by atoms with Crippen molar-refractivity contribution >= 4 is 16.8 Å². The van der Waals surface area contributed by atoms with Crippen LogP contribution in [0.15, 0.2) is 36.5 Å². The Labute approximate surface area is 158 Å². The van der Waals surface area contributed by atoms with E-state index < -0.39 is 0 Å². The normalized spacial score (nSPS) is 16.4. The minimum Gasteiger partial charge on any atom is -0.350 e. The third-order valence-corrected chi connectivity index (χ3v) is 5.43. The van der Waals surface area contributed by atoms with Gasteiger partial charge in [0.05, 0.1) is 16.9 Å². The second kappa shape index (κ2) is 7.08. The standard InChI is InChI=1S/C20H24N6O/c1-14-18(19(27)23-13-20(2)7-10-21-11-8-20)24-25-26(14)16-5-6-17-15(12-16)4-3-9-22-17/h3-6,9,12,21H,7-8,10-11,13H2,1-2H3,(H,23,27). The van der Waals surface area contributed by atoms with Crippen molar-refractivity contribution in [2.75, 3.05) is 19.6 Å². The summed E-state index contributed by atoms with van der Waals surface area (Å²) < 4.78 is 1.70. The molecule has 1 saturated heterocycles. The van der Waals surface area contributed by atoms with Crippen molar-refractivity contribution in [3.63, 3.8) is 0 Å². The summed E-state index contributed by atoms with van der Waals surface area (Å²) in [7, 11) is 0. The number of fused-ring (bicyclic) bond motifs is 1. The number of carbonyl (C=O) groups excluding carboxylic acids is 1. The quantitative estimate of drug-likeness (QED) is 0.742. The number of piperidine rings is 1. The van der Waals surface area contributed by atoms with Crippen LogP contribution in [0, 0.1) is 12.3 Å². The molecule has 7 heteroatoms. The molecule has 1 aliphatic rings. The Morgan fingerprint density at radius 1 is 1.30 bits per heavy atom. The van der Waals surface area contributed by atoms with Gasteiger partial charge in [0.2, 0.25) is 0 Å². The number of nitrogens with one attached hydrogen (secondary N) is 2. The molecule has 1 amide bonds. The van der Waals surface area contributed by atoms with Gasteiger partial charge in [0.25, 0.3) is 5.91 Å². The molecule has 7 nitrogen and oxygen atoms in total. The van der Waals surface area contributed by atoms with Gasteiger partial charge in [-0.05, 0) is 62.5 Å². The topological polar surface area (TPSA) is 84.7 Å². The Bertz CT molecular complexity index is 974. The van der Waals surface area contributed by atoms with Crippen LogP contribution in [0.3, 0.4) is 0 Å². The lowest BCUT2D eigenvalue weighted by atomic mass is 9.81. The minimum atomic E-state index is -0.166. The molecule has 0 aliphatic carbocycles. The number of aromatic nitrogens is 4. The first kappa shape index (κ1) is 17.6. The van der Waals surface area contributed by atoms with Gasteiger partial charge in [-0.3, -0.25) is 9.78 Å². The van der Waals surface area contributed by atoms with Crippen LogP contribution in [0.5, 0.6) is 0 Å². The van der Waals surface area contributed by atoms with Crippen LogP contribution < -0.4 is 10.6 Å². The van der Waals surface area contributed by atoms with E-state index >= 15 is 0 Å². The third kappa shape index (κ3) is 3.55. The summed E-state index contributed by atoms with van der Waals surface area (Å²) >= 11 is 0. The number of benzene rings is 1. The summed E-state index contributed by atoms with van der Waals surface area (Å²) in [6, 6.07) is 9.80. The molecule has 140 valence electrons. The number of carbonyl (C=O) groups is 1. The molecule has 0 bridgehead atoms. The Morgan fingerprint density at radius 3 is 2.93 bits per heavy atom. The van der Waals surface area contributed by atoms with E-state index in [2.05, 4.69) is 32.9 Å². The lowest BCUT2D eigenvalue weighted by molar-refractivity contribution is 0.0916. The first-order valence-electron chi connectivity index (χ1n) is 9.32. The van der Waals surface area contributed by atoms with Gasteiger partial charge in [0, 0.05) is 18.1 Å². The van der Waals surface area contributed by atoms with E-state index in [0.29, 0.717) is 12.2 Å².